The normalized spacial score (nSPS) is 15.1. The van der Waals surface area contributed by atoms with Gasteiger partial charge in [0.25, 0.3) is 5.91 Å². The number of phenolic OH excluding ortho intramolecular Hbond substituents is 1. The van der Waals surface area contributed by atoms with Crippen molar-refractivity contribution in [2.45, 2.75) is 12.8 Å². The van der Waals surface area contributed by atoms with Crippen molar-refractivity contribution in [1.82, 2.24) is 5.43 Å². The number of hydrogen-bond acceptors (Lipinski definition) is 3. The molecule has 0 atom stereocenters. The molecule has 100 valence electrons. The lowest BCUT2D eigenvalue weighted by Gasteiger charge is -2.03. The van der Waals surface area contributed by atoms with Crippen LogP contribution in [0.5, 0.6) is 5.75 Å². The number of aryl methyl sites for hydroxylation is 1. The smallest absolute Gasteiger partial charge is 0.271 e. The highest BCUT2D eigenvalue weighted by atomic mass is 16.3. The lowest BCUT2D eigenvalue weighted by atomic mass is 10.1. The summed E-state index contributed by atoms with van der Waals surface area (Å²) in [5, 5.41) is 13.6. The van der Waals surface area contributed by atoms with E-state index in [4.69, 9.17) is 0 Å². The van der Waals surface area contributed by atoms with Crippen molar-refractivity contribution in [3.05, 3.63) is 65.2 Å². The molecule has 0 heterocycles. The van der Waals surface area contributed by atoms with Crippen molar-refractivity contribution < 1.29 is 9.90 Å². The summed E-state index contributed by atoms with van der Waals surface area (Å²) in [7, 11) is 0. The summed E-state index contributed by atoms with van der Waals surface area (Å²) in [6, 6.07) is 14.3. The molecule has 2 aromatic rings. The molecule has 0 aliphatic heterocycles. The molecule has 0 bridgehead atoms. The molecule has 1 aliphatic rings. The molecule has 0 saturated heterocycles. The van der Waals surface area contributed by atoms with E-state index < -0.39 is 0 Å². The Labute approximate surface area is 116 Å². The molecule has 0 fully saturated rings. The van der Waals surface area contributed by atoms with E-state index in [2.05, 4.69) is 16.6 Å². The molecular formula is C16H14N2O2. The van der Waals surface area contributed by atoms with Gasteiger partial charge in [-0.2, -0.15) is 5.10 Å². The van der Waals surface area contributed by atoms with Crippen molar-refractivity contribution in [1.29, 1.82) is 0 Å². The number of carbonyl (C=O) groups excluding carboxylic acids is 1. The number of fused-ring (bicyclic) bond motifs is 1. The van der Waals surface area contributed by atoms with Gasteiger partial charge < -0.3 is 5.11 Å². The first kappa shape index (κ1) is 12.4. The lowest BCUT2D eigenvalue weighted by molar-refractivity contribution is 0.0954. The largest absolute Gasteiger partial charge is 0.508 e. The second-order valence-electron chi connectivity index (χ2n) is 4.71. The minimum absolute atomic E-state index is 0.0662. The first-order valence-corrected chi connectivity index (χ1v) is 6.48. The first-order valence-electron chi connectivity index (χ1n) is 6.48. The Hall–Kier alpha value is -2.62. The van der Waals surface area contributed by atoms with Crippen LogP contribution >= 0.6 is 0 Å². The average molecular weight is 266 g/mol. The van der Waals surface area contributed by atoms with E-state index in [-0.39, 0.29) is 11.7 Å². The molecule has 0 aromatic heterocycles. The topological polar surface area (TPSA) is 61.7 Å². The molecule has 0 radical (unpaired) electrons. The van der Waals surface area contributed by atoms with Crippen LogP contribution in [0, 0.1) is 0 Å². The van der Waals surface area contributed by atoms with Crippen molar-refractivity contribution in [3.8, 4) is 5.75 Å². The highest BCUT2D eigenvalue weighted by molar-refractivity contribution is 6.05. The fraction of sp³-hybridized carbons (Fsp3) is 0.125. The number of amides is 1. The predicted molar refractivity (Wildman–Crippen MR) is 76.9 cm³/mol. The van der Waals surface area contributed by atoms with Crippen LogP contribution in [0.15, 0.2) is 53.6 Å². The molecule has 2 aromatic carbocycles. The monoisotopic (exact) mass is 266 g/mol. The summed E-state index contributed by atoms with van der Waals surface area (Å²) in [5.74, 6) is -0.255. The quantitative estimate of drug-likeness (QED) is 0.820. The Morgan fingerprint density at radius 3 is 2.80 bits per heavy atom. The minimum atomic E-state index is -0.321. The average Bonchev–Trinajstić information content (AvgIpc) is 2.88. The van der Waals surface area contributed by atoms with E-state index in [9.17, 15) is 9.90 Å². The van der Waals surface area contributed by atoms with Gasteiger partial charge in [0.05, 0.1) is 5.71 Å². The molecule has 0 saturated carbocycles. The van der Waals surface area contributed by atoms with Crippen molar-refractivity contribution in [2.24, 2.45) is 5.10 Å². The Morgan fingerprint density at radius 1 is 1.10 bits per heavy atom. The number of rotatable bonds is 2. The van der Waals surface area contributed by atoms with Crippen LogP contribution < -0.4 is 5.43 Å². The Balaban J connectivity index is 1.77. The molecule has 3 rings (SSSR count). The SMILES string of the molecule is O=C(N/N=C1\CCc2ccccc21)c1cccc(O)c1. The number of nitrogens with one attached hydrogen (secondary N) is 1. The van der Waals surface area contributed by atoms with Crippen LogP contribution in [0.1, 0.15) is 27.9 Å². The van der Waals surface area contributed by atoms with Gasteiger partial charge in [0.15, 0.2) is 0 Å². The molecular weight excluding hydrogens is 252 g/mol. The maximum Gasteiger partial charge on any atom is 0.271 e. The van der Waals surface area contributed by atoms with E-state index in [1.54, 1.807) is 12.1 Å². The van der Waals surface area contributed by atoms with Crippen LogP contribution in [0.25, 0.3) is 0 Å². The maximum absolute atomic E-state index is 11.9. The van der Waals surface area contributed by atoms with Gasteiger partial charge in [0.2, 0.25) is 0 Å². The third-order valence-electron chi connectivity index (χ3n) is 3.36. The molecule has 4 heteroatoms. The minimum Gasteiger partial charge on any atom is -0.508 e. The summed E-state index contributed by atoms with van der Waals surface area (Å²) in [6.45, 7) is 0. The van der Waals surface area contributed by atoms with Gasteiger partial charge in [-0.3, -0.25) is 4.79 Å². The number of aromatic hydroxyl groups is 1. The van der Waals surface area contributed by atoms with Gasteiger partial charge in [0, 0.05) is 11.1 Å². The standard InChI is InChI=1S/C16H14N2O2/c19-13-6-3-5-12(10-13)16(20)18-17-15-9-8-11-4-1-2-7-14(11)15/h1-7,10,19H,8-9H2,(H,18,20)/b17-15+. The van der Waals surface area contributed by atoms with Crippen LogP contribution in [-0.4, -0.2) is 16.7 Å². The Bertz CT molecular complexity index is 692. The van der Waals surface area contributed by atoms with Crippen molar-refractivity contribution in [3.63, 3.8) is 0 Å². The number of nitrogens with zero attached hydrogens (tertiary/aromatic N) is 1. The highest BCUT2D eigenvalue weighted by Gasteiger charge is 2.17. The van der Waals surface area contributed by atoms with E-state index in [0.29, 0.717) is 5.56 Å². The Kier molecular flexibility index (Phi) is 3.21. The van der Waals surface area contributed by atoms with Crippen LogP contribution in [-0.2, 0) is 6.42 Å². The van der Waals surface area contributed by atoms with Crippen LogP contribution in [0.2, 0.25) is 0 Å². The maximum atomic E-state index is 11.9. The zero-order valence-corrected chi connectivity index (χ0v) is 10.8. The molecule has 1 amide bonds. The van der Waals surface area contributed by atoms with Gasteiger partial charge >= 0.3 is 0 Å². The first-order chi connectivity index (χ1) is 9.74. The molecule has 0 spiro atoms. The molecule has 2 N–H and O–H groups in total. The molecule has 1 aliphatic carbocycles. The Morgan fingerprint density at radius 2 is 1.95 bits per heavy atom. The summed E-state index contributed by atoms with van der Waals surface area (Å²) in [6.07, 6.45) is 1.79. The predicted octanol–water partition coefficient (Wildman–Crippen LogP) is 2.47. The summed E-state index contributed by atoms with van der Waals surface area (Å²) >= 11 is 0. The van der Waals surface area contributed by atoms with Gasteiger partial charge in [-0.1, -0.05) is 30.3 Å². The van der Waals surface area contributed by atoms with E-state index in [1.165, 1.54) is 17.7 Å². The van der Waals surface area contributed by atoms with E-state index in [0.717, 1.165) is 24.1 Å². The van der Waals surface area contributed by atoms with Gasteiger partial charge in [-0.25, -0.2) is 5.43 Å². The van der Waals surface area contributed by atoms with Gasteiger partial charge in [0.1, 0.15) is 5.75 Å². The number of hydrogen-bond donors (Lipinski definition) is 2. The molecule has 4 nitrogen and oxygen atoms in total. The van der Waals surface area contributed by atoms with Crippen LogP contribution in [0.4, 0.5) is 0 Å². The summed E-state index contributed by atoms with van der Waals surface area (Å²) in [5.41, 5.74) is 6.20. The van der Waals surface area contributed by atoms with E-state index in [1.807, 2.05) is 18.2 Å². The van der Waals surface area contributed by atoms with Gasteiger partial charge in [-0.05, 0) is 36.6 Å². The zero-order chi connectivity index (χ0) is 13.9. The molecule has 0 unspecified atom stereocenters. The number of carbonyl (C=O) groups is 1. The number of benzene rings is 2. The molecule has 20 heavy (non-hydrogen) atoms. The van der Waals surface area contributed by atoms with Crippen molar-refractivity contribution >= 4 is 11.6 Å². The number of phenols is 1. The summed E-state index contributed by atoms with van der Waals surface area (Å²) < 4.78 is 0. The fourth-order valence-electron chi connectivity index (χ4n) is 2.35. The van der Waals surface area contributed by atoms with Crippen molar-refractivity contribution in [2.75, 3.05) is 0 Å². The zero-order valence-electron chi connectivity index (χ0n) is 10.8. The summed E-state index contributed by atoms with van der Waals surface area (Å²) in [4.78, 5) is 11.9. The van der Waals surface area contributed by atoms with Crippen LogP contribution in [0.3, 0.4) is 0 Å². The number of hydrazone groups is 1. The lowest BCUT2D eigenvalue weighted by Crippen LogP contribution is -2.19. The second-order valence-corrected chi connectivity index (χ2v) is 4.71. The van der Waals surface area contributed by atoms with Gasteiger partial charge in [-0.15, -0.1) is 0 Å². The third-order valence-corrected chi connectivity index (χ3v) is 3.36. The second kappa shape index (κ2) is 5.17. The third kappa shape index (κ3) is 2.40. The van der Waals surface area contributed by atoms with E-state index >= 15 is 0 Å². The highest BCUT2D eigenvalue weighted by Crippen LogP contribution is 2.21. The fourth-order valence-corrected chi connectivity index (χ4v) is 2.35.